The van der Waals surface area contributed by atoms with Gasteiger partial charge in [0.05, 0.1) is 0 Å². The first kappa shape index (κ1) is 16.8. The highest BCUT2D eigenvalue weighted by molar-refractivity contribution is 6.31. The maximum absolute atomic E-state index is 12.5. The highest BCUT2D eigenvalue weighted by Crippen LogP contribution is 2.29. The zero-order chi connectivity index (χ0) is 15.9. The van der Waals surface area contributed by atoms with Gasteiger partial charge in [-0.25, -0.2) is 0 Å². The summed E-state index contributed by atoms with van der Waals surface area (Å²) < 4.78 is 4.99. The summed E-state index contributed by atoms with van der Waals surface area (Å²) in [4.78, 5) is 26.4. The van der Waals surface area contributed by atoms with Crippen molar-refractivity contribution >= 4 is 23.4 Å². The van der Waals surface area contributed by atoms with Crippen LogP contribution in [0.15, 0.2) is 24.3 Å². The summed E-state index contributed by atoms with van der Waals surface area (Å²) in [6.45, 7) is 1.62. The molecule has 1 atom stereocenters. The highest BCUT2D eigenvalue weighted by atomic mass is 35.5. The number of piperazine rings is 1. The Morgan fingerprint density at radius 2 is 2.18 bits per heavy atom. The molecule has 0 aromatic heterocycles. The molecule has 1 aliphatic rings. The molecule has 1 aliphatic heterocycles. The second-order valence-electron chi connectivity index (χ2n) is 5.25. The molecular formula is C16H21ClN2O3. The molecule has 2 rings (SSSR count). The van der Waals surface area contributed by atoms with Gasteiger partial charge in [-0.15, -0.1) is 0 Å². The van der Waals surface area contributed by atoms with Gasteiger partial charge in [0.15, 0.2) is 0 Å². The molecule has 1 N–H and O–H groups in total. The number of nitrogens with one attached hydrogen (secondary N) is 1. The van der Waals surface area contributed by atoms with Crippen molar-refractivity contribution in [3.63, 3.8) is 0 Å². The molecule has 120 valence electrons. The van der Waals surface area contributed by atoms with Crippen molar-refractivity contribution in [3.05, 3.63) is 34.9 Å². The third-order valence-corrected chi connectivity index (χ3v) is 4.07. The Morgan fingerprint density at radius 3 is 2.91 bits per heavy atom. The first-order valence-electron chi connectivity index (χ1n) is 7.45. The van der Waals surface area contributed by atoms with E-state index in [4.69, 9.17) is 16.3 Å². The number of carbonyl (C=O) groups is 2. The largest absolute Gasteiger partial charge is 0.385 e. The summed E-state index contributed by atoms with van der Waals surface area (Å²) in [5.74, 6) is -0.194. The van der Waals surface area contributed by atoms with Crippen LogP contribution in [0.3, 0.4) is 0 Å². The Kier molecular flexibility index (Phi) is 6.21. The van der Waals surface area contributed by atoms with E-state index in [9.17, 15) is 9.59 Å². The summed E-state index contributed by atoms with van der Waals surface area (Å²) in [6.07, 6.45) is 2.00. The second-order valence-corrected chi connectivity index (χ2v) is 5.66. The predicted molar refractivity (Wildman–Crippen MR) is 84.6 cm³/mol. The number of hydrogen-bond acceptors (Lipinski definition) is 3. The monoisotopic (exact) mass is 324 g/mol. The van der Waals surface area contributed by atoms with Gasteiger partial charge >= 0.3 is 0 Å². The lowest BCUT2D eigenvalue weighted by molar-refractivity contribution is -0.143. The van der Waals surface area contributed by atoms with E-state index in [2.05, 4.69) is 5.32 Å². The molecule has 6 heteroatoms. The molecule has 1 heterocycles. The number of amides is 2. The van der Waals surface area contributed by atoms with Crippen LogP contribution in [0.5, 0.6) is 0 Å². The van der Waals surface area contributed by atoms with E-state index in [1.165, 1.54) is 0 Å². The number of carbonyl (C=O) groups excluding carboxylic acids is 2. The number of methoxy groups -OCH3 is 1. The Labute approximate surface area is 135 Å². The van der Waals surface area contributed by atoms with Crippen LogP contribution in [-0.4, -0.2) is 43.5 Å². The number of benzene rings is 1. The summed E-state index contributed by atoms with van der Waals surface area (Å²) >= 11 is 6.20. The third-order valence-electron chi connectivity index (χ3n) is 3.72. The minimum atomic E-state index is -0.641. The van der Waals surface area contributed by atoms with Crippen LogP contribution >= 0.6 is 11.6 Å². The fraction of sp³-hybridized carbons (Fsp3) is 0.500. The van der Waals surface area contributed by atoms with Gasteiger partial charge in [0.1, 0.15) is 6.04 Å². The number of ether oxygens (including phenoxy) is 1. The van der Waals surface area contributed by atoms with E-state index in [0.29, 0.717) is 36.7 Å². The molecule has 2 amide bonds. The molecule has 1 aromatic carbocycles. The van der Waals surface area contributed by atoms with Crippen molar-refractivity contribution in [1.29, 1.82) is 0 Å². The van der Waals surface area contributed by atoms with E-state index < -0.39 is 6.04 Å². The van der Waals surface area contributed by atoms with Crippen LogP contribution in [0.1, 0.15) is 30.9 Å². The van der Waals surface area contributed by atoms with E-state index >= 15 is 0 Å². The molecule has 5 nitrogen and oxygen atoms in total. The molecule has 1 aromatic rings. The van der Waals surface area contributed by atoms with Crippen molar-refractivity contribution < 1.29 is 14.3 Å². The molecule has 0 spiro atoms. The zero-order valence-corrected chi connectivity index (χ0v) is 13.4. The third kappa shape index (κ3) is 3.99. The van der Waals surface area contributed by atoms with Crippen molar-refractivity contribution in [2.45, 2.75) is 25.3 Å². The quantitative estimate of drug-likeness (QED) is 0.816. The lowest BCUT2D eigenvalue weighted by atomic mass is 10.0. The summed E-state index contributed by atoms with van der Waals surface area (Å²) in [7, 11) is 1.64. The van der Waals surface area contributed by atoms with Crippen LogP contribution < -0.4 is 5.32 Å². The lowest BCUT2D eigenvalue weighted by Crippen LogP contribution is -2.52. The van der Waals surface area contributed by atoms with Crippen LogP contribution in [0, 0.1) is 0 Å². The van der Waals surface area contributed by atoms with Crippen molar-refractivity contribution in [2.75, 3.05) is 26.8 Å². The fourth-order valence-electron chi connectivity index (χ4n) is 2.61. The maximum Gasteiger partial charge on any atom is 0.247 e. The summed E-state index contributed by atoms with van der Waals surface area (Å²) in [5, 5.41) is 3.31. The first-order chi connectivity index (χ1) is 10.6. The van der Waals surface area contributed by atoms with Gasteiger partial charge in [0.25, 0.3) is 0 Å². The van der Waals surface area contributed by atoms with Gasteiger partial charge in [-0.05, 0) is 18.9 Å². The SMILES string of the molecule is COCCCCC(=O)N1CCNC(=O)[C@@H]1c1ccccc1Cl. The molecular weight excluding hydrogens is 304 g/mol. The smallest absolute Gasteiger partial charge is 0.247 e. The van der Waals surface area contributed by atoms with Crippen molar-refractivity contribution in [2.24, 2.45) is 0 Å². The normalized spacial score (nSPS) is 18.2. The van der Waals surface area contributed by atoms with Crippen LogP contribution in [0.4, 0.5) is 0 Å². The Hall–Kier alpha value is -1.59. The zero-order valence-electron chi connectivity index (χ0n) is 12.7. The Bertz CT molecular complexity index is 536. The highest BCUT2D eigenvalue weighted by Gasteiger charge is 2.34. The number of hydrogen-bond donors (Lipinski definition) is 1. The number of unbranched alkanes of at least 4 members (excludes halogenated alkanes) is 1. The minimum Gasteiger partial charge on any atom is -0.385 e. The van der Waals surface area contributed by atoms with Crippen LogP contribution in [-0.2, 0) is 14.3 Å². The van der Waals surface area contributed by atoms with E-state index in [-0.39, 0.29) is 11.8 Å². The molecule has 0 saturated carbocycles. The predicted octanol–water partition coefficient (Wildman–Crippen LogP) is 2.16. The molecule has 1 fully saturated rings. The molecule has 22 heavy (non-hydrogen) atoms. The number of rotatable bonds is 6. The van der Waals surface area contributed by atoms with E-state index in [1.807, 2.05) is 12.1 Å². The van der Waals surface area contributed by atoms with Gasteiger partial charge in [0, 0.05) is 43.8 Å². The van der Waals surface area contributed by atoms with Gasteiger partial charge in [-0.1, -0.05) is 29.8 Å². The van der Waals surface area contributed by atoms with Crippen LogP contribution in [0.25, 0.3) is 0 Å². The van der Waals surface area contributed by atoms with E-state index in [1.54, 1.807) is 24.1 Å². The topological polar surface area (TPSA) is 58.6 Å². The Balaban J connectivity index is 2.12. The van der Waals surface area contributed by atoms with Gasteiger partial charge in [-0.2, -0.15) is 0 Å². The van der Waals surface area contributed by atoms with Gasteiger partial charge in [0.2, 0.25) is 11.8 Å². The molecule has 0 unspecified atom stereocenters. The average Bonchev–Trinajstić information content (AvgIpc) is 2.52. The van der Waals surface area contributed by atoms with Crippen molar-refractivity contribution in [1.82, 2.24) is 10.2 Å². The molecule has 1 saturated heterocycles. The maximum atomic E-state index is 12.5. The summed E-state index contributed by atoms with van der Waals surface area (Å²) in [6, 6.07) is 6.52. The molecule has 0 aliphatic carbocycles. The second kappa shape index (κ2) is 8.15. The first-order valence-corrected chi connectivity index (χ1v) is 7.83. The number of nitrogens with zero attached hydrogens (tertiary/aromatic N) is 1. The van der Waals surface area contributed by atoms with Crippen LogP contribution in [0.2, 0.25) is 5.02 Å². The number of halogens is 1. The Morgan fingerprint density at radius 1 is 1.41 bits per heavy atom. The summed E-state index contributed by atoms with van der Waals surface area (Å²) in [5.41, 5.74) is 0.673. The van der Waals surface area contributed by atoms with Crippen molar-refractivity contribution in [3.8, 4) is 0 Å². The van der Waals surface area contributed by atoms with E-state index in [0.717, 1.165) is 12.8 Å². The van der Waals surface area contributed by atoms with Gasteiger partial charge in [-0.3, -0.25) is 9.59 Å². The molecule has 0 bridgehead atoms. The lowest BCUT2D eigenvalue weighted by Gasteiger charge is -2.35. The minimum absolute atomic E-state index is 0.0177. The standard InChI is InChI=1S/C16H21ClN2O3/c1-22-11-5-4-8-14(20)19-10-9-18-16(21)15(19)12-6-2-3-7-13(12)17/h2-3,6-7,15H,4-5,8-11H2,1H3,(H,18,21)/t15-/m0/s1. The average molecular weight is 325 g/mol. The fourth-order valence-corrected chi connectivity index (χ4v) is 2.85. The van der Waals surface area contributed by atoms with Gasteiger partial charge < -0.3 is 15.0 Å². The molecule has 0 radical (unpaired) electrons.